The molecule has 4 aromatic rings. The van der Waals surface area contributed by atoms with Gasteiger partial charge < -0.3 is 0 Å². The summed E-state index contributed by atoms with van der Waals surface area (Å²) in [5.74, 6) is -14.9. The van der Waals surface area contributed by atoms with E-state index >= 15 is 35.1 Å². The summed E-state index contributed by atoms with van der Waals surface area (Å²) in [7, 11) is 0. The molecule has 0 atom stereocenters. The van der Waals surface area contributed by atoms with Crippen molar-refractivity contribution < 1.29 is 51.7 Å². The van der Waals surface area contributed by atoms with Crippen molar-refractivity contribution in [2.45, 2.75) is 40.5 Å². The van der Waals surface area contributed by atoms with Gasteiger partial charge in [-0.3, -0.25) is 0 Å². The molecule has 0 fully saturated rings. The molecular weight excluding hydrogens is 636 g/mol. The Balaban J connectivity index is 1.88. The van der Waals surface area contributed by atoms with E-state index in [1.807, 2.05) is 0 Å². The molecule has 0 saturated carbocycles. The molecule has 0 saturated heterocycles. The van der Waals surface area contributed by atoms with E-state index in [2.05, 4.69) is 0 Å². The van der Waals surface area contributed by atoms with Gasteiger partial charge in [0.1, 0.15) is 0 Å². The van der Waals surface area contributed by atoms with Crippen LogP contribution in [0.25, 0.3) is 11.4 Å². The van der Waals surface area contributed by atoms with Crippen molar-refractivity contribution in [1.29, 1.82) is 0 Å². The van der Waals surface area contributed by atoms with Gasteiger partial charge in [0.15, 0.2) is 0 Å². The molecule has 0 spiro atoms. The van der Waals surface area contributed by atoms with Crippen molar-refractivity contribution >= 4 is 7.74 Å². The van der Waals surface area contributed by atoms with Gasteiger partial charge in [0.05, 0.1) is 0 Å². The fraction of sp³-hybridized carbons (Fsp3) is 0.176. The second-order valence-corrected chi connectivity index (χ2v) is 17.2. The third-order valence-corrected chi connectivity index (χ3v) is 16.6. The molecule has 6 rings (SSSR count). The molecule has 2 aliphatic carbocycles. The normalized spacial score (nSPS) is 14.6. The molecular formula is C34H26F8N2Ti. The standard InChI is InChI=1S/2C12H8F4N.2C5H5.Ti/c2*1-6-3-4-7(2)17(6)12-9(14)5-8(13)10(15)11(12)16;2*1-2-4-5-3-1;/h2*3-4H,1-2H3;2*1-3H,4H2;. The topological polar surface area (TPSA) is 9.86 Å². The summed E-state index contributed by atoms with van der Waals surface area (Å²) in [6.45, 7) is 5.99. The van der Waals surface area contributed by atoms with Gasteiger partial charge in [0.25, 0.3) is 0 Å². The van der Waals surface area contributed by atoms with E-state index in [1.165, 1.54) is 76.3 Å². The Kier molecular flexibility index (Phi) is 7.72. The van der Waals surface area contributed by atoms with Crippen LogP contribution in [0.15, 0.2) is 68.5 Å². The van der Waals surface area contributed by atoms with Gasteiger partial charge in [0.2, 0.25) is 0 Å². The SMILES string of the molecule is Cc1ccc(C)n1-c1c(F)c(F)c(F)[c]([Ti]([C]2=CC=CC2)([C]2=CC=CC2)[c]2c(F)c(F)c(F)c(-n3c(C)ccc3C)c2F)c1F. The van der Waals surface area contributed by atoms with Gasteiger partial charge in [-0.05, 0) is 0 Å². The zero-order valence-electron chi connectivity index (χ0n) is 24.6. The summed E-state index contributed by atoms with van der Waals surface area (Å²) < 4.78 is 130. The molecule has 0 N–H and O–H groups in total. The van der Waals surface area contributed by atoms with Crippen LogP contribution in [-0.2, 0) is 16.6 Å². The molecule has 0 aliphatic heterocycles. The quantitative estimate of drug-likeness (QED) is 0.0850. The van der Waals surface area contributed by atoms with Gasteiger partial charge in [0, 0.05) is 0 Å². The van der Waals surface area contributed by atoms with Crippen molar-refractivity contribution in [1.82, 2.24) is 9.13 Å². The third kappa shape index (κ3) is 4.32. The number of rotatable bonds is 6. The van der Waals surface area contributed by atoms with Crippen LogP contribution in [0.2, 0.25) is 0 Å². The zero-order valence-corrected chi connectivity index (χ0v) is 26.2. The van der Waals surface area contributed by atoms with Crippen molar-refractivity contribution in [2.24, 2.45) is 0 Å². The summed E-state index contributed by atoms with van der Waals surface area (Å²) in [5.41, 5.74) is -0.856. The van der Waals surface area contributed by atoms with Gasteiger partial charge in [-0.1, -0.05) is 0 Å². The first-order chi connectivity index (χ1) is 21.3. The number of aryl methyl sites for hydroxylation is 4. The van der Waals surface area contributed by atoms with Gasteiger partial charge in [-0.25, -0.2) is 0 Å². The Labute approximate surface area is 257 Å². The van der Waals surface area contributed by atoms with E-state index in [0.29, 0.717) is 0 Å². The maximum atomic E-state index is 17.2. The molecule has 0 bridgehead atoms. The Bertz CT molecular complexity index is 1860. The average Bonchev–Trinajstić information content (AvgIpc) is 3.83. The Morgan fingerprint density at radius 2 is 0.800 bits per heavy atom. The Hall–Kier alpha value is -3.89. The minimum absolute atomic E-state index is 0.0685. The summed E-state index contributed by atoms with van der Waals surface area (Å²) >= 11 is -5.89. The molecule has 2 aromatic carbocycles. The molecule has 0 radical (unpaired) electrons. The van der Waals surface area contributed by atoms with E-state index in [-0.39, 0.29) is 43.4 Å². The monoisotopic (exact) mass is 662 g/mol. The number of hydrogen-bond donors (Lipinski definition) is 0. The molecule has 0 amide bonds. The van der Waals surface area contributed by atoms with Crippen molar-refractivity contribution in [3.63, 3.8) is 0 Å². The van der Waals surface area contributed by atoms with Crippen LogP contribution in [0.5, 0.6) is 0 Å². The molecule has 11 heteroatoms. The van der Waals surface area contributed by atoms with E-state index in [9.17, 15) is 0 Å². The summed E-state index contributed by atoms with van der Waals surface area (Å²) in [5, 5.41) is 0. The van der Waals surface area contributed by atoms with Crippen LogP contribution in [-0.4, -0.2) is 9.13 Å². The van der Waals surface area contributed by atoms with Crippen LogP contribution in [0.1, 0.15) is 35.6 Å². The van der Waals surface area contributed by atoms with Crippen LogP contribution in [0.4, 0.5) is 35.1 Å². The average molecular weight is 662 g/mol. The van der Waals surface area contributed by atoms with Crippen LogP contribution in [0.3, 0.4) is 0 Å². The Morgan fingerprint density at radius 3 is 1.09 bits per heavy atom. The Morgan fingerprint density at radius 1 is 0.467 bits per heavy atom. The van der Waals surface area contributed by atoms with Crippen molar-refractivity contribution in [3.8, 4) is 11.4 Å². The molecule has 232 valence electrons. The molecule has 2 nitrogen and oxygen atoms in total. The summed E-state index contributed by atoms with van der Waals surface area (Å²) in [4.78, 5) is 0. The first-order valence-electron chi connectivity index (χ1n) is 14.1. The van der Waals surface area contributed by atoms with Crippen molar-refractivity contribution in [2.75, 3.05) is 0 Å². The van der Waals surface area contributed by atoms with E-state index in [4.69, 9.17) is 0 Å². The first kappa shape index (κ1) is 31.1. The molecule has 2 aliphatic rings. The molecule has 2 aromatic heterocycles. The van der Waals surface area contributed by atoms with Gasteiger partial charge >= 0.3 is 258 Å². The van der Waals surface area contributed by atoms with Crippen LogP contribution in [0, 0.1) is 74.2 Å². The predicted molar refractivity (Wildman–Crippen MR) is 153 cm³/mol. The number of allylic oxidation sites excluding steroid dienone is 8. The van der Waals surface area contributed by atoms with Crippen LogP contribution >= 0.6 is 0 Å². The predicted octanol–water partition coefficient (Wildman–Crippen LogP) is 8.41. The molecule has 45 heavy (non-hydrogen) atoms. The minimum atomic E-state index is -5.89. The summed E-state index contributed by atoms with van der Waals surface area (Å²) in [6.07, 6.45) is 8.85. The fourth-order valence-electron chi connectivity index (χ4n) is 6.76. The fourth-order valence-corrected chi connectivity index (χ4v) is 15.0. The number of aromatic nitrogens is 2. The number of halogens is 8. The zero-order chi connectivity index (χ0) is 32.5. The number of benzene rings is 2. The second-order valence-electron chi connectivity index (χ2n) is 11.3. The summed E-state index contributed by atoms with van der Waals surface area (Å²) in [6, 6.07) is 6.05. The number of hydrogen-bond acceptors (Lipinski definition) is 0. The third-order valence-electron chi connectivity index (χ3n) is 8.73. The number of nitrogens with zero attached hydrogens (tertiary/aromatic N) is 2. The maximum absolute atomic E-state index is 17.2. The van der Waals surface area contributed by atoms with Gasteiger partial charge in [-0.2, -0.15) is 0 Å². The molecule has 2 heterocycles. The second kappa shape index (κ2) is 11.2. The van der Waals surface area contributed by atoms with Crippen molar-refractivity contribution in [3.05, 3.63) is 138 Å². The van der Waals surface area contributed by atoms with Gasteiger partial charge in [-0.15, -0.1) is 0 Å². The van der Waals surface area contributed by atoms with Crippen LogP contribution < -0.4 is 7.74 Å². The first-order valence-corrected chi connectivity index (χ1v) is 17.2. The molecule has 0 unspecified atom stereocenters. The van der Waals surface area contributed by atoms with E-state index in [0.717, 1.165) is 9.13 Å². The van der Waals surface area contributed by atoms with E-state index < -0.39 is 82.2 Å². The van der Waals surface area contributed by atoms with E-state index in [1.54, 1.807) is 12.2 Å².